The number of ether oxygens (including phenoxy) is 2. The predicted octanol–water partition coefficient (Wildman–Crippen LogP) is 7.72. The van der Waals surface area contributed by atoms with E-state index in [-0.39, 0.29) is 13.8 Å². The third kappa shape index (κ3) is 9.60. The SMILES string of the molecule is Cn1cc(-c2ccncc2)c(-c2ccc(OCc3ccc4ccc(Cl)cc4n3)cc2)n1.Cn1cc(-c2ccncc2)c(-c2ccc(OCc3cnc4ccccc4n3)cc2)n1.[Cl-].[H+]. The van der Waals surface area contributed by atoms with Gasteiger partial charge in [0, 0.05) is 83.9 Å². The average molecular weight is 857 g/mol. The van der Waals surface area contributed by atoms with Crippen molar-refractivity contribution in [2.24, 2.45) is 14.1 Å². The Kier molecular flexibility index (Phi) is 12.5. The van der Waals surface area contributed by atoms with Gasteiger partial charge < -0.3 is 21.9 Å². The summed E-state index contributed by atoms with van der Waals surface area (Å²) in [6.45, 7) is 0.747. The van der Waals surface area contributed by atoms with Crippen LogP contribution in [0.25, 0.3) is 66.7 Å². The molecule has 0 radical (unpaired) electrons. The van der Waals surface area contributed by atoms with Crippen molar-refractivity contribution in [1.29, 1.82) is 0 Å². The van der Waals surface area contributed by atoms with Gasteiger partial charge in [-0.05, 0) is 114 Å². The molecule has 10 rings (SSSR count). The summed E-state index contributed by atoms with van der Waals surface area (Å²) < 4.78 is 15.5. The van der Waals surface area contributed by atoms with E-state index in [0.29, 0.717) is 18.2 Å². The lowest BCUT2D eigenvalue weighted by Crippen LogP contribution is -3.00. The number of hydrogen-bond acceptors (Lipinski definition) is 9. The lowest BCUT2D eigenvalue weighted by molar-refractivity contribution is -0.0000131. The highest BCUT2D eigenvalue weighted by Gasteiger charge is 2.14. The Morgan fingerprint density at radius 2 is 1.03 bits per heavy atom. The largest absolute Gasteiger partial charge is 1.00 e. The number of benzene rings is 4. The van der Waals surface area contributed by atoms with Crippen LogP contribution >= 0.6 is 11.6 Å². The second kappa shape index (κ2) is 18.8. The van der Waals surface area contributed by atoms with Gasteiger partial charge in [-0.2, -0.15) is 10.2 Å². The zero-order chi connectivity index (χ0) is 41.5. The molecule has 6 heterocycles. The topological polar surface area (TPSA) is 119 Å². The minimum absolute atomic E-state index is 0. The Balaban J connectivity index is 0.000000183. The Morgan fingerprint density at radius 1 is 0.532 bits per heavy atom. The van der Waals surface area contributed by atoms with Gasteiger partial charge in [-0.25, -0.2) is 9.97 Å². The van der Waals surface area contributed by atoms with Gasteiger partial charge in [0.25, 0.3) is 0 Å². The number of aromatic nitrogens is 9. The second-order valence-corrected chi connectivity index (χ2v) is 14.7. The maximum atomic E-state index is 6.08. The number of para-hydroxylation sites is 2. The van der Waals surface area contributed by atoms with Crippen molar-refractivity contribution in [3.63, 3.8) is 0 Å². The highest BCUT2D eigenvalue weighted by molar-refractivity contribution is 6.31. The Hall–Kier alpha value is -7.47. The van der Waals surface area contributed by atoms with Crippen LogP contribution in [0.2, 0.25) is 5.02 Å². The van der Waals surface area contributed by atoms with Crippen LogP contribution < -0.4 is 21.9 Å². The van der Waals surface area contributed by atoms with Crippen LogP contribution in [-0.4, -0.2) is 44.5 Å². The van der Waals surface area contributed by atoms with E-state index < -0.39 is 0 Å². The molecule has 0 fully saturated rings. The van der Waals surface area contributed by atoms with Gasteiger partial charge in [-0.15, -0.1) is 0 Å². The zero-order valence-corrected chi connectivity index (χ0v) is 35.2. The Morgan fingerprint density at radius 3 is 1.60 bits per heavy atom. The lowest BCUT2D eigenvalue weighted by atomic mass is 10.0. The summed E-state index contributed by atoms with van der Waals surface area (Å²) in [5.74, 6) is 1.55. The summed E-state index contributed by atoms with van der Waals surface area (Å²) in [5.41, 5.74) is 12.5. The molecule has 4 aromatic carbocycles. The molecule has 0 aliphatic rings. The van der Waals surface area contributed by atoms with Crippen molar-refractivity contribution in [3.05, 3.63) is 187 Å². The van der Waals surface area contributed by atoms with E-state index in [1.54, 1.807) is 31.0 Å². The van der Waals surface area contributed by atoms with Crippen molar-refractivity contribution in [1.82, 2.24) is 44.5 Å². The highest BCUT2D eigenvalue weighted by Crippen LogP contribution is 2.33. The zero-order valence-electron chi connectivity index (χ0n) is 34.7. The van der Waals surface area contributed by atoms with Crippen molar-refractivity contribution in [2.45, 2.75) is 13.2 Å². The van der Waals surface area contributed by atoms with Crippen LogP contribution in [0.5, 0.6) is 11.5 Å². The minimum Gasteiger partial charge on any atom is -1.00 e. The van der Waals surface area contributed by atoms with E-state index in [1.807, 2.05) is 163 Å². The predicted molar refractivity (Wildman–Crippen MR) is 240 cm³/mol. The summed E-state index contributed by atoms with van der Waals surface area (Å²) in [7, 11) is 3.85. The molecule has 62 heavy (non-hydrogen) atoms. The van der Waals surface area contributed by atoms with E-state index in [9.17, 15) is 0 Å². The fraction of sp³-hybridized carbons (Fsp3) is 0.0816. The molecule has 0 N–H and O–H groups in total. The molecule has 0 aliphatic heterocycles. The molecule has 10 aromatic rings. The van der Waals surface area contributed by atoms with Gasteiger partial charge in [0.05, 0.1) is 34.1 Å². The number of aryl methyl sites for hydroxylation is 2. The maximum absolute atomic E-state index is 6.08. The monoisotopic (exact) mass is 855 g/mol. The van der Waals surface area contributed by atoms with E-state index >= 15 is 0 Å². The molecule has 0 atom stereocenters. The molecule has 0 saturated heterocycles. The van der Waals surface area contributed by atoms with Crippen molar-refractivity contribution >= 4 is 33.5 Å². The average Bonchev–Trinajstić information content (AvgIpc) is 3.91. The normalized spacial score (nSPS) is 10.8. The molecule has 0 unspecified atom stereocenters. The number of nitrogens with zero attached hydrogens (tertiary/aromatic N) is 9. The lowest BCUT2D eigenvalue weighted by Gasteiger charge is -2.08. The minimum atomic E-state index is 0. The molecule has 0 aliphatic carbocycles. The number of hydrogen-bond donors (Lipinski definition) is 0. The fourth-order valence-electron chi connectivity index (χ4n) is 6.90. The van der Waals surface area contributed by atoms with E-state index in [1.165, 1.54) is 0 Å². The molecule has 306 valence electrons. The van der Waals surface area contributed by atoms with Crippen molar-refractivity contribution < 1.29 is 23.3 Å². The van der Waals surface area contributed by atoms with Crippen molar-refractivity contribution in [3.8, 4) is 56.3 Å². The van der Waals surface area contributed by atoms with Gasteiger partial charge in [-0.3, -0.25) is 24.3 Å². The molecule has 6 aromatic heterocycles. The molecule has 0 amide bonds. The number of fused-ring (bicyclic) bond motifs is 2. The number of halogens is 2. The second-order valence-electron chi connectivity index (χ2n) is 14.2. The van der Waals surface area contributed by atoms with Crippen LogP contribution in [0.3, 0.4) is 0 Å². The van der Waals surface area contributed by atoms with Crippen LogP contribution in [0, 0.1) is 0 Å². The summed E-state index contributed by atoms with van der Waals surface area (Å²) >= 11 is 6.08. The quantitative estimate of drug-likeness (QED) is 0.136. The number of pyridine rings is 3. The van der Waals surface area contributed by atoms with Gasteiger partial charge in [0.15, 0.2) is 0 Å². The molecule has 0 bridgehead atoms. The van der Waals surface area contributed by atoms with Gasteiger partial charge >= 0.3 is 1.43 Å². The summed E-state index contributed by atoms with van der Waals surface area (Å²) in [6.07, 6.45) is 13.0. The standard InChI is InChI=1S/C25H19ClN4O.C24H19N5O.ClH/c1-30-15-23(17-10-12-27-13-11-17)25(29-30)19-4-8-22(9-5-19)31-16-21-7-3-18-2-6-20(26)14-24(18)28-21;1-29-15-21(17-10-12-25-13-11-17)24(28-29)18-6-8-20(9-7-18)30-16-19-14-26-22-4-2-3-5-23(22)27-19;/h2-15H,16H2,1H3;2-15H,16H2,1H3;1H. The van der Waals surface area contributed by atoms with Crippen LogP contribution in [0.15, 0.2) is 171 Å². The molecular weight excluding hydrogens is 818 g/mol. The Bertz CT molecular complexity index is 3080. The van der Waals surface area contributed by atoms with Crippen LogP contribution in [0.1, 0.15) is 12.8 Å². The van der Waals surface area contributed by atoms with E-state index in [4.69, 9.17) is 21.1 Å². The molecular formula is C49H39Cl2N9O2. The molecule has 13 heteroatoms. The highest BCUT2D eigenvalue weighted by atomic mass is 35.5. The first-order chi connectivity index (χ1) is 29.9. The smallest absolute Gasteiger partial charge is 1.00 e. The maximum Gasteiger partial charge on any atom is 1.00 e. The first-order valence-corrected chi connectivity index (χ1v) is 19.9. The van der Waals surface area contributed by atoms with Crippen molar-refractivity contribution in [2.75, 3.05) is 0 Å². The van der Waals surface area contributed by atoms with Crippen LogP contribution in [0.4, 0.5) is 0 Å². The molecule has 0 spiro atoms. The van der Waals surface area contributed by atoms with Gasteiger partial charge in [-0.1, -0.05) is 35.9 Å². The van der Waals surface area contributed by atoms with E-state index in [2.05, 4.69) is 35.1 Å². The number of rotatable bonds is 10. The molecule has 11 nitrogen and oxygen atoms in total. The first kappa shape index (κ1) is 41.3. The Labute approximate surface area is 370 Å². The van der Waals surface area contributed by atoms with E-state index in [0.717, 1.165) is 89.6 Å². The van der Waals surface area contributed by atoms with Gasteiger partial charge in [0.2, 0.25) is 0 Å². The van der Waals surface area contributed by atoms with Gasteiger partial charge in [0.1, 0.15) is 36.1 Å². The summed E-state index contributed by atoms with van der Waals surface area (Å²) in [5, 5.41) is 11.0. The van der Waals surface area contributed by atoms with Crippen LogP contribution in [-0.2, 0) is 27.3 Å². The third-order valence-electron chi connectivity index (χ3n) is 9.88. The molecule has 0 saturated carbocycles. The summed E-state index contributed by atoms with van der Waals surface area (Å²) in [6, 6.07) is 41.4. The first-order valence-electron chi connectivity index (χ1n) is 19.5. The summed E-state index contributed by atoms with van der Waals surface area (Å²) in [4.78, 5) is 21.9. The fourth-order valence-corrected chi connectivity index (χ4v) is 7.07. The third-order valence-corrected chi connectivity index (χ3v) is 10.1.